The maximum absolute atomic E-state index is 13.5. The summed E-state index contributed by atoms with van der Waals surface area (Å²) in [4.78, 5) is 64.6. The molecule has 3 amide bonds. The van der Waals surface area contributed by atoms with Crippen molar-refractivity contribution in [2.24, 2.45) is 0 Å². The van der Waals surface area contributed by atoms with Crippen LogP contribution in [-0.2, 0) is 14.3 Å². The van der Waals surface area contributed by atoms with Gasteiger partial charge in [-0.15, -0.1) is 0 Å². The molecule has 1 atom stereocenters. The van der Waals surface area contributed by atoms with Crippen LogP contribution in [0.4, 0.5) is 11.4 Å². The molecule has 0 saturated carbocycles. The van der Waals surface area contributed by atoms with Crippen molar-refractivity contribution < 1.29 is 28.8 Å². The van der Waals surface area contributed by atoms with Crippen LogP contribution in [0.1, 0.15) is 61.3 Å². The molecular formula is C25H27N3O7. The maximum atomic E-state index is 13.5. The number of amides is 3. The van der Waals surface area contributed by atoms with E-state index >= 15 is 0 Å². The zero-order valence-corrected chi connectivity index (χ0v) is 20.0. The van der Waals surface area contributed by atoms with Crippen LogP contribution < -0.4 is 4.90 Å². The molecule has 0 N–H and O–H groups in total. The molecule has 1 fully saturated rings. The Hall–Kier alpha value is -4.08. The lowest BCUT2D eigenvalue weighted by Crippen LogP contribution is -2.55. The van der Waals surface area contributed by atoms with E-state index in [1.54, 1.807) is 20.8 Å². The number of nitrogens with zero attached hydrogens (tertiary/aromatic N) is 3. The highest BCUT2D eigenvalue weighted by molar-refractivity contribution is 6.23. The number of ether oxygens (including phenoxy) is 1. The van der Waals surface area contributed by atoms with Gasteiger partial charge in [-0.1, -0.05) is 6.92 Å². The van der Waals surface area contributed by atoms with Crippen LogP contribution in [0.2, 0.25) is 0 Å². The predicted octanol–water partition coefficient (Wildman–Crippen LogP) is 3.73. The fraction of sp³-hybridized carbons (Fsp3) is 0.360. The number of nitro benzene ring substituents is 1. The van der Waals surface area contributed by atoms with Gasteiger partial charge in [0.05, 0.1) is 29.2 Å². The fourth-order valence-electron chi connectivity index (χ4n) is 3.92. The van der Waals surface area contributed by atoms with Gasteiger partial charge in [-0.05, 0) is 63.6 Å². The number of carbonyl (C=O) groups excluding carboxylic acids is 4. The van der Waals surface area contributed by atoms with Crippen molar-refractivity contribution in [2.45, 2.75) is 52.1 Å². The van der Waals surface area contributed by atoms with Gasteiger partial charge in [-0.3, -0.25) is 24.5 Å². The Balaban J connectivity index is 1.93. The largest absolute Gasteiger partial charge is 0.462 e. The van der Waals surface area contributed by atoms with Gasteiger partial charge in [0.15, 0.2) is 0 Å². The molecule has 0 aromatic heterocycles. The summed E-state index contributed by atoms with van der Waals surface area (Å²) in [6.07, 6.45) is 0.290. The Morgan fingerprint density at radius 2 is 1.63 bits per heavy atom. The van der Waals surface area contributed by atoms with Gasteiger partial charge in [-0.25, -0.2) is 9.69 Å². The SMILES string of the molecule is CCOC(=O)c1ccc(N2C(=O)CC(N(C(=O)c3ccc([N+](=O)[O-])cc3)C(C)(C)CC)C2=O)cc1. The van der Waals surface area contributed by atoms with Crippen LogP contribution >= 0.6 is 0 Å². The third-order valence-electron chi connectivity index (χ3n) is 6.13. The van der Waals surface area contributed by atoms with Crippen molar-refractivity contribution in [3.05, 3.63) is 69.8 Å². The van der Waals surface area contributed by atoms with E-state index in [9.17, 15) is 29.3 Å². The lowest BCUT2D eigenvalue weighted by atomic mass is 9.94. The second kappa shape index (κ2) is 10.0. The van der Waals surface area contributed by atoms with Crippen LogP contribution in [0, 0.1) is 10.1 Å². The number of esters is 1. The third-order valence-corrected chi connectivity index (χ3v) is 6.13. The molecule has 1 unspecified atom stereocenters. The van der Waals surface area contributed by atoms with Crippen LogP contribution in [0.3, 0.4) is 0 Å². The summed E-state index contributed by atoms with van der Waals surface area (Å²) in [6.45, 7) is 7.37. The molecule has 0 spiro atoms. The van der Waals surface area contributed by atoms with Crippen molar-refractivity contribution in [3.63, 3.8) is 0 Å². The van der Waals surface area contributed by atoms with Crippen LogP contribution in [0.15, 0.2) is 48.5 Å². The number of imide groups is 1. The standard InChI is InChI=1S/C25H27N3O7/c1-5-25(3,4)27(22(30)16-7-13-19(14-8-16)28(33)34)20-15-21(29)26(23(20)31)18-11-9-17(10-12-18)24(32)35-6-2/h7-14,20H,5-6,15H2,1-4H3. The lowest BCUT2D eigenvalue weighted by Gasteiger charge is -2.41. The van der Waals surface area contributed by atoms with Gasteiger partial charge < -0.3 is 9.64 Å². The van der Waals surface area contributed by atoms with E-state index < -0.39 is 40.2 Å². The molecule has 2 aromatic carbocycles. The minimum atomic E-state index is -1.05. The summed E-state index contributed by atoms with van der Waals surface area (Å²) >= 11 is 0. The van der Waals surface area contributed by atoms with E-state index in [0.717, 1.165) is 4.90 Å². The van der Waals surface area contributed by atoms with Gasteiger partial charge in [0.2, 0.25) is 5.91 Å². The Morgan fingerprint density at radius 3 is 2.14 bits per heavy atom. The number of carbonyl (C=O) groups is 4. The molecule has 0 radical (unpaired) electrons. The number of anilines is 1. The second-order valence-electron chi connectivity index (χ2n) is 8.70. The molecule has 10 nitrogen and oxygen atoms in total. The first-order valence-corrected chi connectivity index (χ1v) is 11.2. The normalized spacial score (nSPS) is 15.8. The number of benzene rings is 2. The molecule has 2 aromatic rings. The molecule has 35 heavy (non-hydrogen) atoms. The average molecular weight is 482 g/mol. The molecular weight excluding hydrogens is 454 g/mol. The van der Waals surface area contributed by atoms with Crippen molar-refractivity contribution >= 4 is 35.1 Å². The monoisotopic (exact) mass is 481 g/mol. The number of nitro groups is 1. The number of rotatable bonds is 8. The molecule has 0 aliphatic carbocycles. The molecule has 1 heterocycles. The summed E-state index contributed by atoms with van der Waals surface area (Å²) in [6, 6.07) is 9.99. The van der Waals surface area contributed by atoms with Gasteiger partial charge in [0, 0.05) is 23.2 Å². The zero-order valence-electron chi connectivity index (χ0n) is 20.0. The summed E-state index contributed by atoms with van der Waals surface area (Å²) in [7, 11) is 0. The predicted molar refractivity (Wildman–Crippen MR) is 127 cm³/mol. The fourth-order valence-corrected chi connectivity index (χ4v) is 3.92. The van der Waals surface area contributed by atoms with Crippen molar-refractivity contribution in [2.75, 3.05) is 11.5 Å². The van der Waals surface area contributed by atoms with E-state index in [1.807, 2.05) is 6.92 Å². The quantitative estimate of drug-likeness (QED) is 0.243. The summed E-state index contributed by atoms with van der Waals surface area (Å²) in [5.74, 6) is -2.05. The van der Waals surface area contributed by atoms with E-state index in [2.05, 4.69) is 0 Å². The smallest absolute Gasteiger partial charge is 0.338 e. The van der Waals surface area contributed by atoms with E-state index in [1.165, 1.54) is 53.4 Å². The molecule has 1 aliphatic heterocycles. The number of non-ortho nitro benzene ring substituents is 1. The highest BCUT2D eigenvalue weighted by Crippen LogP contribution is 2.33. The van der Waals surface area contributed by atoms with E-state index in [-0.39, 0.29) is 35.5 Å². The van der Waals surface area contributed by atoms with Crippen molar-refractivity contribution in [1.29, 1.82) is 0 Å². The number of hydrogen-bond acceptors (Lipinski definition) is 7. The first-order valence-electron chi connectivity index (χ1n) is 11.2. The Morgan fingerprint density at radius 1 is 1.06 bits per heavy atom. The first kappa shape index (κ1) is 25.5. The minimum absolute atomic E-state index is 0.160. The first-order chi connectivity index (χ1) is 16.5. The van der Waals surface area contributed by atoms with Crippen LogP contribution in [0.25, 0.3) is 0 Å². The van der Waals surface area contributed by atoms with Crippen molar-refractivity contribution in [1.82, 2.24) is 4.90 Å². The Bertz CT molecular complexity index is 1160. The molecule has 10 heteroatoms. The highest BCUT2D eigenvalue weighted by Gasteiger charge is 2.48. The highest BCUT2D eigenvalue weighted by atomic mass is 16.6. The molecule has 1 saturated heterocycles. The van der Waals surface area contributed by atoms with Gasteiger partial charge >= 0.3 is 5.97 Å². The molecule has 0 bridgehead atoms. The average Bonchev–Trinajstić information content (AvgIpc) is 3.12. The third kappa shape index (κ3) is 5.06. The molecule has 184 valence electrons. The van der Waals surface area contributed by atoms with Crippen LogP contribution in [0.5, 0.6) is 0 Å². The van der Waals surface area contributed by atoms with E-state index in [0.29, 0.717) is 6.42 Å². The summed E-state index contributed by atoms with van der Waals surface area (Å²) in [5.41, 5.74) is -0.202. The minimum Gasteiger partial charge on any atom is -0.462 e. The van der Waals surface area contributed by atoms with Crippen molar-refractivity contribution in [3.8, 4) is 0 Å². The topological polar surface area (TPSA) is 127 Å². The van der Waals surface area contributed by atoms with Gasteiger partial charge in [0.1, 0.15) is 6.04 Å². The number of hydrogen-bond donors (Lipinski definition) is 0. The lowest BCUT2D eigenvalue weighted by molar-refractivity contribution is -0.384. The van der Waals surface area contributed by atoms with Crippen LogP contribution in [-0.4, -0.2) is 51.7 Å². The van der Waals surface area contributed by atoms with Gasteiger partial charge in [-0.2, -0.15) is 0 Å². The van der Waals surface area contributed by atoms with Gasteiger partial charge in [0.25, 0.3) is 17.5 Å². The summed E-state index contributed by atoms with van der Waals surface area (Å²) < 4.78 is 4.95. The Labute approximate surface area is 202 Å². The van der Waals surface area contributed by atoms with E-state index in [4.69, 9.17) is 4.74 Å². The summed E-state index contributed by atoms with van der Waals surface area (Å²) in [5, 5.41) is 11.0. The molecule has 3 rings (SSSR count). The second-order valence-corrected chi connectivity index (χ2v) is 8.70. The molecule has 1 aliphatic rings. The zero-order chi connectivity index (χ0) is 25.9. The maximum Gasteiger partial charge on any atom is 0.338 e. The Kier molecular flexibility index (Phi) is 7.33.